The molecule has 2 aromatic rings. The van der Waals surface area contributed by atoms with Crippen molar-refractivity contribution in [2.45, 2.75) is 31.7 Å². The van der Waals surface area contributed by atoms with Crippen LogP contribution < -0.4 is 5.32 Å². The molecule has 0 atom stereocenters. The van der Waals surface area contributed by atoms with Gasteiger partial charge < -0.3 is 5.32 Å². The van der Waals surface area contributed by atoms with Gasteiger partial charge in [0, 0.05) is 6.04 Å². The van der Waals surface area contributed by atoms with Crippen molar-refractivity contribution >= 4 is 5.69 Å². The molecule has 0 heterocycles. The van der Waals surface area contributed by atoms with Gasteiger partial charge in [0.05, 0.1) is 5.69 Å². The lowest BCUT2D eigenvalue weighted by molar-refractivity contribution is 0.373. The maximum absolute atomic E-state index is 13.6. The number of nitrogens with zero attached hydrogens (tertiary/aromatic N) is 1. The van der Waals surface area contributed by atoms with Gasteiger partial charge >= 0.3 is 0 Å². The first-order valence-corrected chi connectivity index (χ1v) is 7.19. The first kappa shape index (κ1) is 13.6. The summed E-state index contributed by atoms with van der Waals surface area (Å²) in [5, 5.41) is 12.3. The molecule has 106 valence electrons. The van der Waals surface area contributed by atoms with Gasteiger partial charge in [-0.05, 0) is 48.9 Å². The fraction of sp³-hybridized carbons (Fsp3) is 0.278. The molecular formula is C18H17FN2. The molecule has 0 bridgehead atoms. The molecule has 0 radical (unpaired) electrons. The minimum absolute atomic E-state index is 0.108. The van der Waals surface area contributed by atoms with E-state index in [1.54, 1.807) is 12.1 Å². The molecule has 3 heteroatoms. The van der Waals surface area contributed by atoms with Gasteiger partial charge in [-0.2, -0.15) is 5.26 Å². The highest BCUT2D eigenvalue weighted by Crippen LogP contribution is 2.40. The highest BCUT2D eigenvalue weighted by atomic mass is 19.1. The lowest BCUT2D eigenvalue weighted by Gasteiger charge is -2.37. The number of halogens is 1. The van der Waals surface area contributed by atoms with E-state index in [9.17, 15) is 4.39 Å². The third kappa shape index (κ3) is 2.62. The highest BCUT2D eigenvalue weighted by molar-refractivity contribution is 5.58. The summed E-state index contributed by atoms with van der Waals surface area (Å²) in [5.74, 6) is 0.0973. The molecule has 0 amide bonds. The van der Waals surface area contributed by atoms with Crippen molar-refractivity contribution < 1.29 is 4.39 Å². The Balaban J connectivity index is 1.67. The number of hydrogen-bond donors (Lipinski definition) is 1. The second-order valence-electron chi connectivity index (χ2n) is 5.64. The number of hydrogen-bond acceptors (Lipinski definition) is 2. The van der Waals surface area contributed by atoms with Crippen molar-refractivity contribution in [2.24, 2.45) is 0 Å². The molecular weight excluding hydrogens is 263 g/mol. The molecule has 0 aliphatic heterocycles. The molecule has 0 aromatic heterocycles. The summed E-state index contributed by atoms with van der Waals surface area (Å²) in [5.41, 5.74) is 3.43. The van der Waals surface area contributed by atoms with Gasteiger partial charge in [-0.15, -0.1) is 0 Å². The van der Waals surface area contributed by atoms with Crippen LogP contribution in [0, 0.1) is 24.1 Å². The Hall–Kier alpha value is -2.34. The van der Waals surface area contributed by atoms with Crippen molar-refractivity contribution in [3.63, 3.8) is 0 Å². The van der Waals surface area contributed by atoms with Crippen LogP contribution in [0.5, 0.6) is 0 Å². The maximum atomic E-state index is 13.6. The molecule has 2 aromatic carbocycles. The first-order chi connectivity index (χ1) is 10.2. The standard InChI is InChI=1S/C18H17FN2/c1-12-5-2-3-6-15(12)13-9-14(10-13)21-18-8-4-7-17(19)16(18)11-20/h2-8,13-14,21H,9-10H2,1H3. The number of nitrogens with one attached hydrogen (secondary N) is 1. The Labute approximate surface area is 124 Å². The summed E-state index contributed by atoms with van der Waals surface area (Å²) >= 11 is 0. The topological polar surface area (TPSA) is 35.8 Å². The number of benzene rings is 2. The quantitative estimate of drug-likeness (QED) is 0.906. The van der Waals surface area contributed by atoms with Crippen molar-refractivity contribution in [1.82, 2.24) is 0 Å². The number of rotatable bonds is 3. The van der Waals surface area contributed by atoms with Crippen LogP contribution in [-0.4, -0.2) is 6.04 Å². The van der Waals surface area contributed by atoms with Gasteiger partial charge in [-0.1, -0.05) is 30.3 Å². The predicted octanol–water partition coefficient (Wildman–Crippen LogP) is 4.36. The third-order valence-electron chi connectivity index (χ3n) is 4.25. The first-order valence-electron chi connectivity index (χ1n) is 7.19. The Morgan fingerprint density at radius 2 is 1.90 bits per heavy atom. The molecule has 1 fully saturated rings. The highest BCUT2D eigenvalue weighted by Gasteiger charge is 2.31. The Morgan fingerprint density at radius 3 is 2.62 bits per heavy atom. The molecule has 1 aliphatic rings. The van der Waals surface area contributed by atoms with Crippen LogP contribution in [0.4, 0.5) is 10.1 Å². The van der Waals surface area contributed by atoms with E-state index < -0.39 is 5.82 Å². The van der Waals surface area contributed by atoms with E-state index in [1.807, 2.05) is 6.07 Å². The second-order valence-corrected chi connectivity index (χ2v) is 5.64. The van der Waals surface area contributed by atoms with Gasteiger partial charge in [0.15, 0.2) is 0 Å². The molecule has 0 saturated heterocycles. The molecule has 0 unspecified atom stereocenters. The average molecular weight is 280 g/mol. The fourth-order valence-corrected chi connectivity index (χ4v) is 3.01. The zero-order valence-corrected chi connectivity index (χ0v) is 11.9. The van der Waals surface area contributed by atoms with E-state index in [1.165, 1.54) is 17.2 Å². The van der Waals surface area contributed by atoms with E-state index >= 15 is 0 Å². The van der Waals surface area contributed by atoms with Crippen LogP contribution in [0.15, 0.2) is 42.5 Å². The number of aryl methyl sites for hydroxylation is 1. The molecule has 1 N–H and O–H groups in total. The molecule has 21 heavy (non-hydrogen) atoms. The van der Waals surface area contributed by atoms with Gasteiger partial charge in [0.2, 0.25) is 0 Å². The van der Waals surface area contributed by atoms with Crippen LogP contribution in [0.2, 0.25) is 0 Å². The van der Waals surface area contributed by atoms with Gasteiger partial charge in [-0.3, -0.25) is 0 Å². The summed E-state index contributed by atoms with van der Waals surface area (Å²) in [6.45, 7) is 2.14. The van der Waals surface area contributed by atoms with E-state index in [4.69, 9.17) is 5.26 Å². The average Bonchev–Trinajstić information content (AvgIpc) is 2.44. The van der Waals surface area contributed by atoms with Gasteiger partial charge in [0.1, 0.15) is 17.4 Å². The Bertz CT molecular complexity index is 697. The zero-order valence-electron chi connectivity index (χ0n) is 11.9. The van der Waals surface area contributed by atoms with Crippen molar-refractivity contribution in [3.05, 3.63) is 65.0 Å². The SMILES string of the molecule is Cc1ccccc1C1CC(Nc2cccc(F)c2C#N)C1. The van der Waals surface area contributed by atoms with Gasteiger partial charge in [0.25, 0.3) is 0 Å². The second kappa shape index (κ2) is 5.57. The minimum Gasteiger partial charge on any atom is -0.381 e. The normalized spacial score (nSPS) is 20.4. The summed E-state index contributed by atoms with van der Waals surface area (Å²) < 4.78 is 13.6. The Kier molecular flexibility index (Phi) is 3.62. The Morgan fingerprint density at radius 1 is 1.14 bits per heavy atom. The summed E-state index contributed by atoms with van der Waals surface area (Å²) in [6.07, 6.45) is 2.04. The van der Waals surface area contributed by atoms with E-state index in [-0.39, 0.29) is 5.56 Å². The molecule has 3 rings (SSSR count). The van der Waals surface area contributed by atoms with Crippen molar-refractivity contribution in [3.8, 4) is 6.07 Å². The van der Waals surface area contributed by atoms with E-state index in [0.29, 0.717) is 17.6 Å². The van der Waals surface area contributed by atoms with Crippen molar-refractivity contribution in [1.29, 1.82) is 5.26 Å². The van der Waals surface area contributed by atoms with Crippen LogP contribution in [-0.2, 0) is 0 Å². The largest absolute Gasteiger partial charge is 0.381 e. The molecule has 2 nitrogen and oxygen atoms in total. The zero-order chi connectivity index (χ0) is 14.8. The molecule has 0 spiro atoms. The number of nitriles is 1. The lowest BCUT2D eigenvalue weighted by atomic mass is 9.74. The lowest BCUT2D eigenvalue weighted by Crippen LogP contribution is -2.34. The third-order valence-corrected chi connectivity index (χ3v) is 4.25. The van der Waals surface area contributed by atoms with Crippen LogP contribution >= 0.6 is 0 Å². The maximum Gasteiger partial charge on any atom is 0.143 e. The van der Waals surface area contributed by atoms with E-state index in [0.717, 1.165) is 12.8 Å². The van der Waals surface area contributed by atoms with Crippen LogP contribution in [0.25, 0.3) is 0 Å². The smallest absolute Gasteiger partial charge is 0.143 e. The van der Waals surface area contributed by atoms with Gasteiger partial charge in [-0.25, -0.2) is 4.39 Å². The summed E-state index contributed by atoms with van der Waals surface area (Å²) in [7, 11) is 0. The monoisotopic (exact) mass is 280 g/mol. The fourth-order valence-electron chi connectivity index (χ4n) is 3.01. The summed E-state index contributed by atoms with van der Waals surface area (Å²) in [6, 6.07) is 15.4. The van der Waals surface area contributed by atoms with Crippen LogP contribution in [0.3, 0.4) is 0 Å². The van der Waals surface area contributed by atoms with E-state index in [2.05, 4.69) is 36.5 Å². The number of anilines is 1. The predicted molar refractivity (Wildman–Crippen MR) is 81.7 cm³/mol. The molecule has 1 saturated carbocycles. The van der Waals surface area contributed by atoms with Crippen molar-refractivity contribution in [2.75, 3.05) is 5.32 Å². The molecule has 1 aliphatic carbocycles. The van der Waals surface area contributed by atoms with Crippen LogP contribution in [0.1, 0.15) is 35.4 Å². The summed E-state index contributed by atoms with van der Waals surface area (Å²) in [4.78, 5) is 0. The minimum atomic E-state index is -0.461.